The average Bonchev–Trinajstić information content (AvgIpc) is 1.05. The average molecular weight is 1240 g/mol. The molecular formula is C76H90N12O4. The summed E-state index contributed by atoms with van der Waals surface area (Å²) in [7, 11) is 0. The van der Waals surface area contributed by atoms with Crippen LogP contribution in [0.25, 0.3) is 45.0 Å². The smallest absolute Gasteiger partial charge is 0.228 e. The van der Waals surface area contributed by atoms with Gasteiger partial charge in [0.1, 0.15) is 0 Å². The zero-order valence-corrected chi connectivity index (χ0v) is 55.3. The number of hydrogen-bond donors (Lipinski definition) is 4. The van der Waals surface area contributed by atoms with Gasteiger partial charge in [0.05, 0.1) is 68.3 Å². The number of carbonyl (C=O) groups is 4. The molecule has 4 N–H and O–H groups in total. The van der Waals surface area contributed by atoms with Gasteiger partial charge in [0, 0.05) is 47.9 Å². The Morgan fingerprint density at radius 3 is 1.07 bits per heavy atom. The minimum absolute atomic E-state index is 0.0140. The number of nitrogens with zero attached hydrogens (tertiary/aromatic N) is 8. The monoisotopic (exact) mass is 1230 g/mol. The molecule has 478 valence electrons. The van der Waals surface area contributed by atoms with E-state index in [4.69, 9.17) is 34.9 Å². The third-order valence-corrected chi connectivity index (χ3v) is 18.0. The molecule has 5 aliphatic rings. The summed E-state index contributed by atoms with van der Waals surface area (Å²) >= 11 is 0. The summed E-state index contributed by atoms with van der Waals surface area (Å²) in [5.74, 6) is 3.42. The summed E-state index contributed by atoms with van der Waals surface area (Å²) in [4.78, 5) is 86.3. The fraction of sp³-hybridized carbons (Fsp3) is 0.421. The van der Waals surface area contributed by atoms with Crippen molar-refractivity contribution in [3.8, 4) is 45.0 Å². The van der Waals surface area contributed by atoms with Gasteiger partial charge in [-0.15, -0.1) is 0 Å². The third-order valence-electron chi connectivity index (χ3n) is 18.0. The second-order valence-corrected chi connectivity index (χ2v) is 25.2. The van der Waals surface area contributed by atoms with Gasteiger partial charge in [-0.05, 0) is 130 Å². The minimum atomic E-state index is -0.106. The molecule has 4 heterocycles. The topological polar surface area (TPSA) is 220 Å². The lowest BCUT2D eigenvalue weighted by Gasteiger charge is -2.22. The maximum Gasteiger partial charge on any atom is 0.228 e. The van der Waals surface area contributed by atoms with Crippen molar-refractivity contribution in [2.24, 2.45) is 17.8 Å². The van der Waals surface area contributed by atoms with E-state index in [2.05, 4.69) is 112 Å². The number of aromatic nitrogens is 8. The van der Waals surface area contributed by atoms with Crippen LogP contribution < -0.4 is 21.3 Å². The maximum absolute atomic E-state index is 12.5. The van der Waals surface area contributed by atoms with Gasteiger partial charge in [-0.3, -0.25) is 19.2 Å². The van der Waals surface area contributed by atoms with Gasteiger partial charge in [0.2, 0.25) is 23.6 Å². The maximum atomic E-state index is 12.5. The van der Waals surface area contributed by atoms with Crippen LogP contribution in [-0.2, 0) is 96.2 Å². The molecule has 4 amide bonds. The van der Waals surface area contributed by atoms with E-state index in [0.29, 0.717) is 47.9 Å². The van der Waals surface area contributed by atoms with E-state index in [9.17, 15) is 19.2 Å². The number of anilines is 4. The molecule has 1 atom stereocenters. The van der Waals surface area contributed by atoms with Gasteiger partial charge in [0.15, 0.2) is 23.3 Å². The minimum Gasteiger partial charge on any atom is -0.309 e. The van der Waals surface area contributed by atoms with Gasteiger partial charge in [-0.2, -0.15) is 0 Å². The molecule has 5 aliphatic carbocycles. The van der Waals surface area contributed by atoms with Crippen LogP contribution >= 0.6 is 0 Å². The molecular weight excluding hydrogens is 1140 g/mol. The molecule has 16 nitrogen and oxygen atoms in total. The zero-order valence-electron chi connectivity index (χ0n) is 55.3. The predicted octanol–water partition coefficient (Wildman–Crippen LogP) is 15.1. The van der Waals surface area contributed by atoms with E-state index in [1.807, 2.05) is 66.7 Å². The van der Waals surface area contributed by atoms with Crippen LogP contribution in [0.5, 0.6) is 0 Å². The van der Waals surface area contributed by atoms with E-state index in [-0.39, 0.29) is 29.5 Å². The molecule has 4 aromatic heterocycles. The summed E-state index contributed by atoms with van der Waals surface area (Å²) < 4.78 is 0. The number of hydrogen-bond acceptors (Lipinski definition) is 12. The van der Waals surface area contributed by atoms with Crippen molar-refractivity contribution in [1.82, 2.24) is 39.9 Å². The number of nitrogens with one attached hydrogen (secondary N) is 4. The first kappa shape index (κ1) is 66.0. The highest BCUT2D eigenvalue weighted by Crippen LogP contribution is 2.37. The van der Waals surface area contributed by atoms with E-state index < -0.39 is 0 Å². The predicted molar refractivity (Wildman–Crippen MR) is 367 cm³/mol. The number of aryl methyl sites for hydroxylation is 12. The van der Waals surface area contributed by atoms with Crippen molar-refractivity contribution >= 4 is 46.9 Å². The lowest BCUT2D eigenvalue weighted by atomic mass is 9.87. The van der Waals surface area contributed by atoms with Crippen LogP contribution in [0.2, 0.25) is 0 Å². The Morgan fingerprint density at radius 1 is 0.413 bits per heavy atom. The molecule has 0 bridgehead atoms. The van der Waals surface area contributed by atoms with E-state index >= 15 is 0 Å². The Labute approximate surface area is 543 Å². The van der Waals surface area contributed by atoms with Gasteiger partial charge in [0.25, 0.3) is 0 Å². The molecule has 1 unspecified atom stereocenters. The fourth-order valence-electron chi connectivity index (χ4n) is 12.8. The molecule has 13 rings (SSSR count). The van der Waals surface area contributed by atoms with Crippen molar-refractivity contribution in [1.29, 1.82) is 0 Å². The number of fused-ring (bicyclic) bond motifs is 12. The zero-order chi connectivity index (χ0) is 64.8. The standard InChI is InChI=1S/C22H27N3O.2C19H23N3O.C16H17N3O/c1-2-18-22(25-20(26)14-15-8-4-3-5-9-15)24-19-13-12-16-10-6-7-11-17(16)21(19)23-18;1-4-15-19(22-17(23)11-12(2)3)21-16-10-9-13-7-5-6-8-14(13)18(16)20-15;1-4-12(3)19(23)22-18-15(5-2)20-17-14-9-7-6-8-13(14)10-11-16(17)21-18;1-3-13-16(17-10(2)20)19-14-9-8-11-6-4-5-7-12(11)15(14)18-13/h6-7,10-11,15H,2-5,8-9,12-14H2,1H3,(H,24,25,26);5-8,12H,4,9-11H2,1-3H3,(H,21,22,23);6-9,12H,4-5,10-11H2,1-3H3,(H,21,22,23);4-7H,3,8-9H2,1-2H3,(H,17,19,20). The Balaban J connectivity index is 0.000000135. The highest BCUT2D eigenvalue weighted by Gasteiger charge is 2.27. The molecule has 0 saturated heterocycles. The van der Waals surface area contributed by atoms with Crippen molar-refractivity contribution in [2.45, 2.75) is 191 Å². The summed E-state index contributed by atoms with van der Waals surface area (Å²) in [6.45, 7) is 17.7. The lowest BCUT2D eigenvalue weighted by Crippen LogP contribution is -2.23. The first-order chi connectivity index (χ1) is 44.6. The largest absolute Gasteiger partial charge is 0.309 e. The van der Waals surface area contributed by atoms with Crippen LogP contribution in [-0.4, -0.2) is 63.5 Å². The number of amides is 4. The number of rotatable bonds is 14. The lowest BCUT2D eigenvalue weighted by molar-refractivity contribution is -0.119. The van der Waals surface area contributed by atoms with Crippen LogP contribution in [0.15, 0.2) is 97.1 Å². The van der Waals surface area contributed by atoms with Crippen molar-refractivity contribution < 1.29 is 19.2 Å². The second-order valence-electron chi connectivity index (χ2n) is 25.2. The SMILES string of the molecule is CCc1nc2c(nc1NC(=O)C(C)CC)CCc1ccccc1-2.CCc1nc2c(nc1NC(=O)CC(C)C)CCc1ccccc1-2.CCc1nc2c(nc1NC(=O)CC1CCCCC1)CCc1ccccc1-2.CCc1nc2c(nc1NC(C)=O)CCc1ccccc1-2. The van der Waals surface area contributed by atoms with Gasteiger partial charge < -0.3 is 21.3 Å². The molecule has 0 aliphatic heterocycles. The molecule has 0 spiro atoms. The second kappa shape index (κ2) is 30.9. The first-order valence-corrected chi connectivity index (χ1v) is 33.8. The summed E-state index contributed by atoms with van der Waals surface area (Å²) in [6, 6.07) is 33.5. The Bertz CT molecular complexity index is 3980. The van der Waals surface area contributed by atoms with Gasteiger partial charge >= 0.3 is 0 Å². The summed E-state index contributed by atoms with van der Waals surface area (Å²) in [5, 5.41) is 11.8. The third kappa shape index (κ3) is 15.9. The van der Waals surface area contributed by atoms with Gasteiger partial charge in [-0.25, -0.2) is 39.9 Å². The molecule has 16 heteroatoms. The summed E-state index contributed by atoms with van der Waals surface area (Å²) in [6.07, 6.45) is 18.6. The summed E-state index contributed by atoms with van der Waals surface area (Å²) in [5.41, 5.74) is 21.4. The Kier molecular flexibility index (Phi) is 22.2. The molecule has 1 saturated carbocycles. The number of benzene rings is 4. The van der Waals surface area contributed by atoms with E-state index in [0.717, 1.165) is 152 Å². The van der Waals surface area contributed by atoms with E-state index in [1.54, 1.807) is 0 Å². The van der Waals surface area contributed by atoms with Crippen LogP contribution in [0, 0.1) is 17.8 Å². The van der Waals surface area contributed by atoms with E-state index in [1.165, 1.54) is 83.5 Å². The first-order valence-electron chi connectivity index (χ1n) is 33.8. The molecule has 4 aromatic carbocycles. The highest BCUT2D eigenvalue weighted by molar-refractivity contribution is 5.93. The van der Waals surface area contributed by atoms with Gasteiger partial charge in [-0.1, -0.05) is 172 Å². The number of carbonyl (C=O) groups excluding carboxylic acids is 4. The molecule has 8 aromatic rings. The van der Waals surface area contributed by atoms with Crippen molar-refractivity contribution in [3.63, 3.8) is 0 Å². The van der Waals surface area contributed by atoms with Crippen LogP contribution in [0.3, 0.4) is 0 Å². The fourth-order valence-corrected chi connectivity index (χ4v) is 12.8. The van der Waals surface area contributed by atoms with Crippen molar-refractivity contribution in [3.05, 3.63) is 165 Å². The Morgan fingerprint density at radius 2 is 0.739 bits per heavy atom. The van der Waals surface area contributed by atoms with Crippen LogP contribution in [0.4, 0.5) is 23.3 Å². The molecule has 1 fully saturated rings. The molecule has 92 heavy (non-hydrogen) atoms. The Hall–Kier alpha value is -8.92. The van der Waals surface area contributed by atoms with Crippen LogP contribution in [0.1, 0.15) is 181 Å². The highest BCUT2D eigenvalue weighted by atomic mass is 16.2. The quantitative estimate of drug-likeness (QED) is 0.0799. The normalized spacial score (nSPS) is 14.1. The van der Waals surface area contributed by atoms with Crippen molar-refractivity contribution in [2.75, 3.05) is 21.3 Å². The molecule has 0 radical (unpaired) electrons.